The number of nitrogens with zero attached hydrogens (tertiary/aromatic N) is 1. The number of H-pyrrole nitrogens is 1. The molecule has 0 radical (unpaired) electrons. The first-order valence-corrected chi connectivity index (χ1v) is 5.15. The fourth-order valence-corrected chi connectivity index (χ4v) is 1.87. The first-order valence-electron chi connectivity index (χ1n) is 5.15. The Labute approximate surface area is 88.2 Å². The molecule has 1 aromatic heterocycles. The summed E-state index contributed by atoms with van der Waals surface area (Å²) < 4.78 is 4.60. The number of carbonyl (C=O) groups excluding carboxylic acids is 1. The Bertz CT molecular complexity index is 342. The Morgan fingerprint density at radius 3 is 3.20 bits per heavy atom. The van der Waals surface area contributed by atoms with Crippen LogP contribution in [-0.2, 0) is 4.74 Å². The number of hydrogen-bond acceptors (Lipinski definition) is 4. The van der Waals surface area contributed by atoms with Crippen molar-refractivity contribution in [2.45, 2.75) is 18.8 Å². The lowest BCUT2D eigenvalue weighted by molar-refractivity contribution is 0.0594. The number of esters is 1. The van der Waals surface area contributed by atoms with E-state index in [0.29, 0.717) is 11.6 Å². The predicted octanol–water partition coefficient (Wildman–Crippen LogP) is 0.663. The molecule has 1 saturated heterocycles. The van der Waals surface area contributed by atoms with E-state index in [1.807, 2.05) is 0 Å². The zero-order chi connectivity index (χ0) is 10.7. The highest BCUT2D eigenvalue weighted by Gasteiger charge is 2.19. The van der Waals surface area contributed by atoms with Gasteiger partial charge < -0.3 is 10.1 Å². The number of aromatic amines is 1. The van der Waals surface area contributed by atoms with E-state index in [9.17, 15) is 4.79 Å². The highest BCUT2D eigenvalue weighted by molar-refractivity contribution is 5.87. The van der Waals surface area contributed by atoms with Crippen LogP contribution in [0.5, 0.6) is 0 Å². The summed E-state index contributed by atoms with van der Waals surface area (Å²) >= 11 is 0. The van der Waals surface area contributed by atoms with Crippen LogP contribution in [-0.4, -0.2) is 36.4 Å². The summed E-state index contributed by atoms with van der Waals surface area (Å²) in [5.74, 6) is 0.0472. The fraction of sp³-hybridized carbons (Fsp3) is 0.600. The second-order valence-electron chi connectivity index (χ2n) is 3.74. The lowest BCUT2D eigenvalue weighted by atomic mass is 9.96. The van der Waals surface area contributed by atoms with Crippen molar-refractivity contribution in [3.8, 4) is 0 Å². The van der Waals surface area contributed by atoms with Crippen LogP contribution in [0.1, 0.15) is 34.9 Å². The number of piperidine rings is 1. The van der Waals surface area contributed by atoms with Gasteiger partial charge in [0.2, 0.25) is 0 Å². The summed E-state index contributed by atoms with van der Waals surface area (Å²) in [4.78, 5) is 11.2. The predicted molar refractivity (Wildman–Crippen MR) is 54.8 cm³/mol. The van der Waals surface area contributed by atoms with Crippen molar-refractivity contribution in [2.24, 2.45) is 0 Å². The number of rotatable bonds is 2. The molecule has 5 heteroatoms. The average molecular weight is 209 g/mol. The Morgan fingerprint density at radius 1 is 1.67 bits per heavy atom. The van der Waals surface area contributed by atoms with E-state index in [1.165, 1.54) is 7.11 Å². The van der Waals surface area contributed by atoms with E-state index >= 15 is 0 Å². The molecule has 0 bridgehead atoms. The van der Waals surface area contributed by atoms with Gasteiger partial charge in [0.25, 0.3) is 0 Å². The Hall–Kier alpha value is -1.36. The fourth-order valence-electron chi connectivity index (χ4n) is 1.87. The zero-order valence-corrected chi connectivity index (χ0v) is 8.75. The van der Waals surface area contributed by atoms with Gasteiger partial charge in [0, 0.05) is 18.2 Å². The van der Waals surface area contributed by atoms with Crippen LogP contribution in [0.2, 0.25) is 0 Å². The van der Waals surface area contributed by atoms with Crippen molar-refractivity contribution in [1.82, 2.24) is 15.5 Å². The van der Waals surface area contributed by atoms with Gasteiger partial charge in [0.05, 0.1) is 7.11 Å². The van der Waals surface area contributed by atoms with Gasteiger partial charge in [-0.1, -0.05) is 0 Å². The third kappa shape index (κ3) is 2.18. The van der Waals surface area contributed by atoms with Crippen LogP contribution >= 0.6 is 0 Å². The highest BCUT2D eigenvalue weighted by Crippen LogP contribution is 2.21. The lowest BCUT2D eigenvalue weighted by Crippen LogP contribution is -2.28. The van der Waals surface area contributed by atoms with Crippen molar-refractivity contribution in [2.75, 3.05) is 20.2 Å². The van der Waals surface area contributed by atoms with Crippen molar-refractivity contribution in [1.29, 1.82) is 0 Å². The maximum absolute atomic E-state index is 11.2. The smallest absolute Gasteiger partial charge is 0.358 e. The number of hydrogen-bond donors (Lipinski definition) is 2. The standard InChI is InChI=1S/C10H15N3O2/c1-15-10(14)9-5-8(12-13-9)7-3-2-4-11-6-7/h5,7,11H,2-4,6H2,1H3,(H,12,13). The number of carbonyl (C=O) groups is 1. The van der Waals surface area contributed by atoms with E-state index in [2.05, 4.69) is 20.3 Å². The van der Waals surface area contributed by atoms with Gasteiger partial charge in [0.1, 0.15) is 0 Å². The van der Waals surface area contributed by atoms with Crippen molar-refractivity contribution in [3.63, 3.8) is 0 Å². The summed E-state index contributed by atoms with van der Waals surface area (Å²) in [6, 6.07) is 1.78. The molecular weight excluding hydrogens is 194 g/mol. The van der Waals surface area contributed by atoms with Crippen LogP contribution in [0.3, 0.4) is 0 Å². The molecule has 0 aliphatic carbocycles. The molecule has 0 spiro atoms. The van der Waals surface area contributed by atoms with Gasteiger partial charge in [-0.2, -0.15) is 5.10 Å². The van der Waals surface area contributed by atoms with Crippen LogP contribution in [0.4, 0.5) is 0 Å². The minimum Gasteiger partial charge on any atom is -0.464 e. The first-order chi connectivity index (χ1) is 7.31. The summed E-state index contributed by atoms with van der Waals surface area (Å²) in [5, 5.41) is 10.2. The summed E-state index contributed by atoms with van der Waals surface area (Å²) in [5.41, 5.74) is 1.38. The highest BCUT2D eigenvalue weighted by atomic mass is 16.5. The number of methoxy groups -OCH3 is 1. The number of ether oxygens (including phenoxy) is 1. The topological polar surface area (TPSA) is 67.0 Å². The summed E-state index contributed by atoms with van der Waals surface area (Å²) in [7, 11) is 1.36. The second kappa shape index (κ2) is 4.44. The van der Waals surface area contributed by atoms with E-state index in [4.69, 9.17) is 0 Å². The van der Waals surface area contributed by atoms with Gasteiger partial charge in [-0.3, -0.25) is 5.10 Å². The molecule has 2 N–H and O–H groups in total. The molecule has 1 aliphatic rings. The Balaban J connectivity index is 2.08. The normalized spacial score (nSPS) is 21.3. The first kappa shape index (κ1) is 10.2. The monoisotopic (exact) mass is 209 g/mol. The molecule has 5 nitrogen and oxygen atoms in total. The molecule has 15 heavy (non-hydrogen) atoms. The van der Waals surface area contributed by atoms with Gasteiger partial charge >= 0.3 is 5.97 Å². The van der Waals surface area contributed by atoms with Crippen LogP contribution in [0.25, 0.3) is 0 Å². The van der Waals surface area contributed by atoms with E-state index < -0.39 is 0 Å². The minimum absolute atomic E-state index is 0.359. The van der Waals surface area contributed by atoms with Crippen molar-refractivity contribution >= 4 is 5.97 Å². The van der Waals surface area contributed by atoms with Gasteiger partial charge in [0.15, 0.2) is 5.69 Å². The molecule has 0 saturated carbocycles. The van der Waals surface area contributed by atoms with E-state index in [0.717, 1.165) is 31.6 Å². The average Bonchev–Trinajstić information content (AvgIpc) is 2.78. The quantitative estimate of drug-likeness (QED) is 0.702. The van der Waals surface area contributed by atoms with Gasteiger partial charge in [-0.05, 0) is 25.5 Å². The Kier molecular flexibility index (Phi) is 3.01. The number of aromatic nitrogens is 2. The number of nitrogens with one attached hydrogen (secondary N) is 2. The molecule has 1 aromatic rings. The maximum Gasteiger partial charge on any atom is 0.358 e. The molecule has 1 atom stereocenters. The molecule has 1 aliphatic heterocycles. The molecule has 2 rings (SSSR count). The summed E-state index contributed by atoms with van der Waals surface area (Å²) in [6.07, 6.45) is 2.30. The second-order valence-corrected chi connectivity index (χ2v) is 3.74. The molecule has 2 heterocycles. The van der Waals surface area contributed by atoms with Crippen LogP contribution in [0, 0.1) is 0 Å². The third-order valence-corrected chi connectivity index (χ3v) is 2.73. The van der Waals surface area contributed by atoms with Crippen LogP contribution < -0.4 is 5.32 Å². The lowest BCUT2D eigenvalue weighted by Gasteiger charge is -2.20. The molecule has 1 unspecified atom stereocenters. The van der Waals surface area contributed by atoms with Crippen molar-refractivity contribution in [3.05, 3.63) is 17.5 Å². The molecule has 0 amide bonds. The summed E-state index contributed by atoms with van der Waals surface area (Å²) in [6.45, 7) is 2.03. The minimum atomic E-state index is -0.388. The molecule has 0 aromatic carbocycles. The van der Waals surface area contributed by atoms with E-state index in [-0.39, 0.29) is 5.97 Å². The van der Waals surface area contributed by atoms with Crippen molar-refractivity contribution < 1.29 is 9.53 Å². The molecular formula is C10H15N3O2. The van der Waals surface area contributed by atoms with Crippen LogP contribution in [0.15, 0.2) is 6.07 Å². The van der Waals surface area contributed by atoms with Gasteiger partial charge in [-0.25, -0.2) is 4.79 Å². The Morgan fingerprint density at radius 2 is 2.53 bits per heavy atom. The molecule has 82 valence electrons. The maximum atomic E-state index is 11.2. The van der Waals surface area contributed by atoms with E-state index in [1.54, 1.807) is 6.07 Å². The zero-order valence-electron chi connectivity index (χ0n) is 8.75. The van der Waals surface area contributed by atoms with Gasteiger partial charge in [-0.15, -0.1) is 0 Å². The third-order valence-electron chi connectivity index (χ3n) is 2.73. The molecule has 1 fully saturated rings. The largest absolute Gasteiger partial charge is 0.464 e. The SMILES string of the molecule is COC(=O)c1cc(C2CCCNC2)[nH]n1.